The van der Waals surface area contributed by atoms with Crippen molar-refractivity contribution in [3.63, 3.8) is 0 Å². The van der Waals surface area contributed by atoms with Crippen LogP contribution >= 0.6 is 0 Å². The average molecular weight is 366 g/mol. The van der Waals surface area contributed by atoms with Crippen molar-refractivity contribution in [2.24, 2.45) is 0 Å². The Morgan fingerprint density at radius 3 is 2.70 bits per heavy atom. The van der Waals surface area contributed by atoms with Crippen LogP contribution in [0.15, 0.2) is 48.9 Å². The average Bonchev–Trinajstić information content (AvgIpc) is 3.06. The Morgan fingerprint density at radius 1 is 1.22 bits per heavy atom. The van der Waals surface area contributed by atoms with Crippen LogP contribution in [0.5, 0.6) is 0 Å². The summed E-state index contributed by atoms with van der Waals surface area (Å²) >= 11 is 0. The Balaban J connectivity index is 2.13. The van der Waals surface area contributed by atoms with E-state index in [0.717, 1.165) is 18.7 Å². The minimum Gasteiger partial charge on any atom is -0.490 e. The number of hydrogen-bond donors (Lipinski definition) is 0. The van der Waals surface area contributed by atoms with Crippen LogP contribution < -0.4 is 0 Å². The lowest BCUT2D eigenvalue weighted by Gasteiger charge is -2.12. The molecule has 0 aliphatic carbocycles. The van der Waals surface area contributed by atoms with E-state index in [4.69, 9.17) is 4.74 Å². The second kappa shape index (κ2) is 8.22. The fraction of sp³-hybridized carbons (Fsp3) is 0.211. The monoisotopic (exact) mass is 366 g/mol. The minimum atomic E-state index is -0.974. The topological polar surface area (TPSA) is 96.2 Å². The predicted octanol–water partition coefficient (Wildman–Crippen LogP) is 1.99. The zero-order chi connectivity index (χ0) is 19.2. The first-order valence-electron chi connectivity index (χ1n) is 8.31. The molecule has 0 aliphatic rings. The van der Waals surface area contributed by atoms with Crippen molar-refractivity contribution in [2.45, 2.75) is 13.5 Å². The summed E-state index contributed by atoms with van der Waals surface area (Å²) in [4.78, 5) is 36.3. The maximum atomic E-state index is 12.0. The molecule has 0 N–H and O–H groups in total. The van der Waals surface area contributed by atoms with Gasteiger partial charge in [0, 0.05) is 6.08 Å². The molecule has 0 fully saturated rings. The van der Waals surface area contributed by atoms with Gasteiger partial charge in [-0.3, -0.25) is 4.79 Å². The van der Waals surface area contributed by atoms with Crippen molar-refractivity contribution in [1.29, 1.82) is 0 Å². The maximum Gasteiger partial charge on any atom is 0.378 e. The summed E-state index contributed by atoms with van der Waals surface area (Å²) < 4.78 is 11.9. The molecule has 2 heterocycles. The summed E-state index contributed by atoms with van der Waals surface area (Å²) in [5.74, 6) is -1.25. The quantitative estimate of drug-likeness (QED) is 0.273. The molecule has 0 aliphatic heterocycles. The number of ketones is 1. The van der Waals surface area contributed by atoms with Crippen LogP contribution in [0, 0.1) is 0 Å². The van der Waals surface area contributed by atoms with E-state index >= 15 is 0 Å². The van der Waals surface area contributed by atoms with E-state index in [1.807, 2.05) is 34.9 Å². The van der Waals surface area contributed by atoms with Gasteiger partial charge in [-0.15, -0.1) is 0 Å². The molecule has 8 heteroatoms. The molecule has 0 spiro atoms. The van der Waals surface area contributed by atoms with Gasteiger partial charge in [-0.1, -0.05) is 30.3 Å². The Labute approximate surface area is 155 Å². The van der Waals surface area contributed by atoms with Crippen LogP contribution in [-0.4, -0.2) is 45.0 Å². The number of aromatic nitrogens is 4. The van der Waals surface area contributed by atoms with Crippen molar-refractivity contribution >= 4 is 28.7 Å². The second-order valence-corrected chi connectivity index (χ2v) is 5.54. The second-order valence-electron chi connectivity index (χ2n) is 5.54. The lowest BCUT2D eigenvalue weighted by Crippen LogP contribution is -2.15. The molecule has 0 saturated carbocycles. The molecular weight excluding hydrogens is 348 g/mol. The SMILES string of the molecule is CCO/C(=C\C(=O)C(=O)OC)c1nc2cncnc2n1Cc1ccccc1. The van der Waals surface area contributed by atoms with E-state index in [-0.39, 0.29) is 5.76 Å². The highest BCUT2D eigenvalue weighted by molar-refractivity contribution is 6.39. The lowest BCUT2D eigenvalue weighted by atomic mass is 10.2. The van der Waals surface area contributed by atoms with Gasteiger partial charge >= 0.3 is 5.97 Å². The van der Waals surface area contributed by atoms with E-state index in [0.29, 0.717) is 30.1 Å². The number of imidazole rings is 1. The number of fused-ring (bicyclic) bond motifs is 1. The van der Waals surface area contributed by atoms with Gasteiger partial charge in [-0.05, 0) is 12.5 Å². The summed E-state index contributed by atoms with van der Waals surface area (Å²) in [6.07, 6.45) is 4.10. The molecule has 0 atom stereocenters. The first-order valence-corrected chi connectivity index (χ1v) is 8.31. The van der Waals surface area contributed by atoms with Crippen LogP contribution in [0.3, 0.4) is 0 Å². The van der Waals surface area contributed by atoms with Gasteiger partial charge in [0.25, 0.3) is 5.78 Å². The van der Waals surface area contributed by atoms with E-state index in [1.54, 1.807) is 13.1 Å². The fourth-order valence-corrected chi connectivity index (χ4v) is 2.59. The number of carbonyl (C=O) groups excluding carboxylic acids is 2. The summed E-state index contributed by atoms with van der Waals surface area (Å²) in [7, 11) is 1.15. The van der Waals surface area contributed by atoms with Gasteiger partial charge in [-0.2, -0.15) is 0 Å². The van der Waals surface area contributed by atoms with Crippen LogP contribution in [0.25, 0.3) is 16.9 Å². The van der Waals surface area contributed by atoms with E-state index in [2.05, 4.69) is 19.7 Å². The molecule has 0 saturated heterocycles. The third-order valence-electron chi connectivity index (χ3n) is 3.76. The standard InChI is InChI=1S/C19H18N4O4/c1-3-27-16(9-15(24)19(25)26-2)18-22-14-10-20-12-21-17(14)23(18)11-13-7-5-4-6-8-13/h4-10,12H,3,11H2,1-2H3/b16-9-. The predicted molar refractivity (Wildman–Crippen MR) is 97.5 cm³/mol. The number of benzene rings is 1. The first kappa shape index (κ1) is 18.2. The van der Waals surface area contributed by atoms with E-state index in [9.17, 15) is 9.59 Å². The van der Waals surface area contributed by atoms with Crippen LogP contribution in [0.4, 0.5) is 0 Å². The lowest BCUT2D eigenvalue weighted by molar-refractivity contribution is -0.149. The number of methoxy groups -OCH3 is 1. The molecule has 27 heavy (non-hydrogen) atoms. The number of carbonyl (C=O) groups is 2. The first-order chi connectivity index (χ1) is 13.1. The number of hydrogen-bond acceptors (Lipinski definition) is 7. The van der Waals surface area contributed by atoms with Gasteiger partial charge in [0.05, 0.1) is 26.5 Å². The van der Waals surface area contributed by atoms with Crippen molar-refractivity contribution in [1.82, 2.24) is 19.5 Å². The number of rotatable bonds is 7. The van der Waals surface area contributed by atoms with Crippen LogP contribution in [0.1, 0.15) is 18.3 Å². The van der Waals surface area contributed by atoms with Crippen LogP contribution in [0.2, 0.25) is 0 Å². The molecule has 138 valence electrons. The molecule has 3 rings (SSSR count). The highest BCUT2D eigenvalue weighted by Crippen LogP contribution is 2.22. The zero-order valence-electron chi connectivity index (χ0n) is 15.0. The maximum absolute atomic E-state index is 12.0. The number of esters is 1. The summed E-state index contributed by atoms with van der Waals surface area (Å²) in [5.41, 5.74) is 2.17. The molecule has 8 nitrogen and oxygen atoms in total. The van der Waals surface area contributed by atoms with Gasteiger partial charge < -0.3 is 14.0 Å². The normalized spacial score (nSPS) is 11.4. The third kappa shape index (κ3) is 4.00. The molecule has 0 amide bonds. The van der Waals surface area contributed by atoms with Gasteiger partial charge in [0.1, 0.15) is 11.8 Å². The zero-order valence-corrected chi connectivity index (χ0v) is 15.0. The molecular formula is C19H18N4O4. The number of ether oxygens (including phenoxy) is 2. The summed E-state index contributed by atoms with van der Waals surface area (Å²) in [6.45, 7) is 2.53. The minimum absolute atomic E-state index is 0.168. The fourth-order valence-electron chi connectivity index (χ4n) is 2.59. The number of nitrogens with zero attached hydrogens (tertiary/aromatic N) is 4. The molecule has 3 aromatic rings. The Kier molecular flexibility index (Phi) is 5.55. The smallest absolute Gasteiger partial charge is 0.378 e. The van der Waals surface area contributed by atoms with Crippen molar-refractivity contribution in [3.8, 4) is 0 Å². The summed E-state index contributed by atoms with van der Waals surface area (Å²) in [5, 5.41) is 0. The molecule has 0 bridgehead atoms. The third-order valence-corrected chi connectivity index (χ3v) is 3.76. The molecule has 0 unspecified atom stereocenters. The van der Waals surface area contributed by atoms with Crippen molar-refractivity contribution in [3.05, 3.63) is 60.3 Å². The largest absolute Gasteiger partial charge is 0.490 e. The van der Waals surface area contributed by atoms with Crippen molar-refractivity contribution in [2.75, 3.05) is 13.7 Å². The highest BCUT2D eigenvalue weighted by Gasteiger charge is 2.20. The molecule has 2 aromatic heterocycles. The summed E-state index contributed by atoms with van der Waals surface area (Å²) in [6, 6.07) is 9.74. The van der Waals surface area contributed by atoms with Crippen molar-refractivity contribution < 1.29 is 19.1 Å². The van der Waals surface area contributed by atoms with Gasteiger partial charge in [-0.25, -0.2) is 19.7 Å². The van der Waals surface area contributed by atoms with Crippen LogP contribution in [-0.2, 0) is 25.6 Å². The van der Waals surface area contributed by atoms with E-state index < -0.39 is 11.8 Å². The molecule has 1 aromatic carbocycles. The Hall–Kier alpha value is -3.55. The van der Waals surface area contributed by atoms with E-state index in [1.165, 1.54) is 6.33 Å². The Morgan fingerprint density at radius 2 is 2.00 bits per heavy atom. The molecule has 0 radical (unpaired) electrons. The Bertz CT molecular complexity index is 995. The van der Waals surface area contributed by atoms with Gasteiger partial charge in [0.15, 0.2) is 17.2 Å². The van der Waals surface area contributed by atoms with Gasteiger partial charge in [0.2, 0.25) is 0 Å². The highest BCUT2D eigenvalue weighted by atomic mass is 16.5.